The summed E-state index contributed by atoms with van der Waals surface area (Å²) in [4.78, 5) is 0. The van der Waals surface area contributed by atoms with Crippen LogP contribution in [0.4, 0.5) is 0 Å². The van der Waals surface area contributed by atoms with Crippen molar-refractivity contribution >= 4 is 12.6 Å². The number of ether oxygens (including phenoxy) is 1. The largest absolute Gasteiger partial charge is 0.492 e. The summed E-state index contributed by atoms with van der Waals surface area (Å²) in [5.41, 5.74) is 3.70. The molecule has 0 aliphatic rings. The van der Waals surface area contributed by atoms with Crippen molar-refractivity contribution < 1.29 is 4.74 Å². The van der Waals surface area contributed by atoms with Crippen LogP contribution in [0.2, 0.25) is 0 Å². The zero-order valence-electron chi connectivity index (χ0n) is 8.42. The van der Waals surface area contributed by atoms with Crippen LogP contribution in [0, 0.1) is 20.8 Å². The van der Waals surface area contributed by atoms with Gasteiger partial charge < -0.3 is 4.74 Å². The molecule has 0 saturated carbocycles. The first-order chi connectivity index (χ1) is 6.15. The maximum atomic E-state index is 5.60. The summed E-state index contributed by atoms with van der Waals surface area (Å²) in [5.74, 6) is 1.77. The first kappa shape index (κ1) is 10.5. The minimum atomic E-state index is 0.674. The van der Waals surface area contributed by atoms with Gasteiger partial charge in [0.1, 0.15) is 5.75 Å². The SMILES string of the molecule is Cc1cc(C)c(OCCS)c(C)c1. The van der Waals surface area contributed by atoms with E-state index in [0.717, 1.165) is 11.5 Å². The van der Waals surface area contributed by atoms with Crippen molar-refractivity contribution in [1.29, 1.82) is 0 Å². The Morgan fingerprint density at radius 1 is 1.15 bits per heavy atom. The standard InChI is InChI=1S/C11H16OS/c1-8-6-9(2)11(10(3)7-8)12-4-5-13/h6-7,13H,4-5H2,1-3H3. The number of benzene rings is 1. The Balaban J connectivity index is 2.92. The van der Waals surface area contributed by atoms with Crippen molar-refractivity contribution in [2.45, 2.75) is 20.8 Å². The molecule has 0 heterocycles. The lowest BCUT2D eigenvalue weighted by Gasteiger charge is -2.11. The van der Waals surface area contributed by atoms with Crippen molar-refractivity contribution in [3.05, 3.63) is 28.8 Å². The van der Waals surface area contributed by atoms with Crippen LogP contribution in [0.5, 0.6) is 5.75 Å². The molecule has 0 radical (unpaired) electrons. The van der Waals surface area contributed by atoms with Crippen molar-refractivity contribution in [2.75, 3.05) is 12.4 Å². The molecule has 0 aliphatic carbocycles. The molecule has 0 bridgehead atoms. The zero-order chi connectivity index (χ0) is 9.84. The zero-order valence-corrected chi connectivity index (χ0v) is 9.32. The Kier molecular flexibility index (Phi) is 3.67. The smallest absolute Gasteiger partial charge is 0.125 e. The van der Waals surface area contributed by atoms with Gasteiger partial charge in [0.15, 0.2) is 0 Å². The first-order valence-corrected chi connectivity index (χ1v) is 5.10. The van der Waals surface area contributed by atoms with E-state index in [1.165, 1.54) is 16.7 Å². The molecule has 0 aliphatic heterocycles. The fraction of sp³-hybridized carbons (Fsp3) is 0.455. The molecule has 0 spiro atoms. The Labute approximate surface area is 85.5 Å². The summed E-state index contributed by atoms with van der Waals surface area (Å²) in [7, 11) is 0. The van der Waals surface area contributed by atoms with E-state index >= 15 is 0 Å². The highest BCUT2D eigenvalue weighted by Gasteiger charge is 2.03. The van der Waals surface area contributed by atoms with Crippen LogP contribution in [-0.4, -0.2) is 12.4 Å². The summed E-state index contributed by atoms with van der Waals surface area (Å²) in [6.07, 6.45) is 0. The summed E-state index contributed by atoms with van der Waals surface area (Å²) >= 11 is 4.11. The molecule has 13 heavy (non-hydrogen) atoms. The molecular weight excluding hydrogens is 180 g/mol. The van der Waals surface area contributed by atoms with Crippen LogP contribution < -0.4 is 4.74 Å². The number of hydrogen-bond donors (Lipinski definition) is 1. The fourth-order valence-corrected chi connectivity index (χ4v) is 1.63. The monoisotopic (exact) mass is 196 g/mol. The molecule has 0 N–H and O–H groups in total. The highest BCUT2D eigenvalue weighted by molar-refractivity contribution is 7.80. The lowest BCUT2D eigenvalue weighted by Crippen LogP contribution is -2.01. The van der Waals surface area contributed by atoms with Gasteiger partial charge in [-0.05, 0) is 31.9 Å². The fourth-order valence-electron chi connectivity index (χ4n) is 1.54. The molecular formula is C11H16OS. The molecule has 0 saturated heterocycles. The van der Waals surface area contributed by atoms with Crippen LogP contribution >= 0.6 is 12.6 Å². The second-order valence-electron chi connectivity index (χ2n) is 3.30. The number of thiol groups is 1. The third-order valence-electron chi connectivity index (χ3n) is 1.94. The minimum absolute atomic E-state index is 0.674. The van der Waals surface area contributed by atoms with Crippen LogP contribution in [0.25, 0.3) is 0 Å². The molecule has 0 atom stereocenters. The predicted octanol–water partition coefficient (Wildman–Crippen LogP) is 2.92. The van der Waals surface area contributed by atoms with Gasteiger partial charge in [0.05, 0.1) is 6.61 Å². The molecule has 0 unspecified atom stereocenters. The second kappa shape index (κ2) is 4.56. The highest BCUT2D eigenvalue weighted by atomic mass is 32.1. The Morgan fingerprint density at radius 2 is 1.69 bits per heavy atom. The van der Waals surface area contributed by atoms with Crippen LogP contribution in [0.3, 0.4) is 0 Å². The van der Waals surface area contributed by atoms with Gasteiger partial charge in [-0.15, -0.1) is 0 Å². The lowest BCUT2D eigenvalue weighted by atomic mass is 10.1. The second-order valence-corrected chi connectivity index (χ2v) is 3.75. The molecule has 72 valence electrons. The van der Waals surface area contributed by atoms with Gasteiger partial charge in [-0.25, -0.2) is 0 Å². The van der Waals surface area contributed by atoms with E-state index in [-0.39, 0.29) is 0 Å². The van der Waals surface area contributed by atoms with E-state index in [9.17, 15) is 0 Å². The van der Waals surface area contributed by atoms with E-state index in [1.807, 2.05) is 0 Å². The number of aryl methyl sites for hydroxylation is 3. The van der Waals surface area contributed by atoms with Gasteiger partial charge in [-0.3, -0.25) is 0 Å². The maximum absolute atomic E-state index is 5.60. The predicted molar refractivity (Wildman–Crippen MR) is 60.0 cm³/mol. The molecule has 0 fully saturated rings. The van der Waals surface area contributed by atoms with E-state index in [4.69, 9.17) is 4.74 Å². The molecule has 1 nitrogen and oxygen atoms in total. The van der Waals surface area contributed by atoms with Gasteiger partial charge in [-0.1, -0.05) is 17.7 Å². The molecule has 0 amide bonds. The Morgan fingerprint density at radius 3 is 2.15 bits per heavy atom. The summed E-state index contributed by atoms with van der Waals surface area (Å²) < 4.78 is 5.60. The number of rotatable bonds is 3. The van der Waals surface area contributed by atoms with Gasteiger partial charge in [0, 0.05) is 5.75 Å². The van der Waals surface area contributed by atoms with Gasteiger partial charge in [0.2, 0.25) is 0 Å². The minimum Gasteiger partial charge on any atom is -0.492 e. The molecule has 1 aromatic carbocycles. The Bertz CT molecular complexity index is 271. The average Bonchev–Trinajstić information content (AvgIpc) is 2.02. The van der Waals surface area contributed by atoms with Crippen molar-refractivity contribution in [3.8, 4) is 5.75 Å². The normalized spacial score (nSPS) is 10.2. The van der Waals surface area contributed by atoms with Gasteiger partial charge >= 0.3 is 0 Å². The maximum Gasteiger partial charge on any atom is 0.125 e. The third-order valence-corrected chi connectivity index (χ3v) is 2.12. The van der Waals surface area contributed by atoms with Crippen molar-refractivity contribution in [1.82, 2.24) is 0 Å². The summed E-state index contributed by atoms with van der Waals surface area (Å²) in [5, 5.41) is 0. The third kappa shape index (κ3) is 2.66. The van der Waals surface area contributed by atoms with Gasteiger partial charge in [-0.2, -0.15) is 12.6 Å². The van der Waals surface area contributed by atoms with E-state index < -0.39 is 0 Å². The van der Waals surface area contributed by atoms with Crippen LogP contribution in [0.1, 0.15) is 16.7 Å². The van der Waals surface area contributed by atoms with Crippen LogP contribution in [-0.2, 0) is 0 Å². The molecule has 1 rings (SSSR count). The lowest BCUT2D eigenvalue weighted by molar-refractivity contribution is 0.339. The quantitative estimate of drug-likeness (QED) is 0.731. The Hall–Kier alpha value is -0.630. The van der Waals surface area contributed by atoms with E-state index in [0.29, 0.717) is 6.61 Å². The van der Waals surface area contributed by atoms with Gasteiger partial charge in [0.25, 0.3) is 0 Å². The highest BCUT2D eigenvalue weighted by Crippen LogP contribution is 2.24. The molecule has 0 aromatic heterocycles. The topological polar surface area (TPSA) is 9.23 Å². The average molecular weight is 196 g/mol. The molecule has 1 aromatic rings. The van der Waals surface area contributed by atoms with E-state index in [2.05, 4.69) is 45.5 Å². The van der Waals surface area contributed by atoms with Crippen LogP contribution in [0.15, 0.2) is 12.1 Å². The summed E-state index contributed by atoms with van der Waals surface area (Å²) in [6.45, 7) is 6.93. The van der Waals surface area contributed by atoms with Crippen molar-refractivity contribution in [2.24, 2.45) is 0 Å². The summed E-state index contributed by atoms with van der Waals surface area (Å²) in [6, 6.07) is 4.28. The number of hydrogen-bond acceptors (Lipinski definition) is 2. The van der Waals surface area contributed by atoms with Crippen molar-refractivity contribution in [3.63, 3.8) is 0 Å². The van der Waals surface area contributed by atoms with E-state index in [1.54, 1.807) is 0 Å². The first-order valence-electron chi connectivity index (χ1n) is 4.46. The molecule has 2 heteroatoms.